The van der Waals surface area contributed by atoms with Crippen molar-refractivity contribution in [3.63, 3.8) is 0 Å². The number of aliphatic hydroxyl groups excluding tert-OH is 5. The predicted molar refractivity (Wildman–Crippen MR) is 508 cm³/mol. The molecule has 3 aromatic carbocycles. The SMILES string of the molecule is CSCC[C@H](NC(=O)[C@H](CO)NC(=O)[C@H](CS)NC(=O)[C@H](CS)NC(=O)[C@@H](N)CO)C(=O)N[C@@H](Cc1ccccc1)C(=O)N[C@@H](Cc1ccccc1)C(=O)N[C@@H](CCCCN)C(=O)N[C@@H](CC(N)=O)C(=O)N[C@H](C(=O)N[C@@H](CO)C(=O)N[C@@H](Cc1ccc(O)cc1)C(=O)N[C@H](C(=O)NCC(=O)N[C@@H](C)C(=O)N[C@@H](CO)C(=O)N[C@@H](CC(N)=O)C(=O)N1CCC[C@H]1C(=O)N[C@@H](CO)C(=O)O)C(C)C)C(C)C. The third-order valence-corrected chi connectivity index (χ3v) is 23.0. The monoisotopic (exact) mass is 2030 g/mol. The van der Waals surface area contributed by atoms with E-state index in [0.29, 0.717) is 16.7 Å². The number of unbranched alkanes of at least 4 members (excludes halogenated alkanes) is 1. The minimum Gasteiger partial charge on any atom is -0.508 e. The Morgan fingerprint density at radius 1 is 0.407 bits per heavy atom. The van der Waals surface area contributed by atoms with Gasteiger partial charge < -0.3 is 154 Å². The second-order valence-corrected chi connectivity index (χ2v) is 35.0. The first-order valence-corrected chi connectivity index (χ1v) is 47.3. The van der Waals surface area contributed by atoms with Gasteiger partial charge in [0, 0.05) is 37.3 Å². The standard InChI is InChI=1S/C87H130N22O28S3/c1-43(2)68(84(133)92-35-67(118)93-45(5)70(119)101-58(37-111)80(129)100-57(34-66(91)117)86(135)109-28-15-21-64(109)83(132)104-61(40-114)87(136)137)107-76(125)55(32-48-22-24-49(115)25-23-48)98-79(128)60(39-113)103-85(134)69(44(3)4)108-77(126)56(33-65(90)116)99-72(121)51(20-13-14-27-88)94-74(123)53(30-46-16-9-7-10-17-46)97-75(124)54(31-47-18-11-8-12-19-47)96-73(122)52(26-29-140-6)95-78(127)59(38-112)102-81(130)63(42-139)106-82(131)62(41-138)105-71(120)50(89)36-110/h7-12,16-19,22-25,43-45,50-64,68-69,110-115,138-139H,13-15,20-21,26-42,88-89H2,1-6H3,(H2,90,116)(H2,91,117)(H,92,133)(H,93,118)(H,94,123)(H,95,127)(H,96,122)(H,97,124)(H,98,128)(H,99,121)(H,100,129)(H,101,119)(H,102,130)(H,103,134)(H,104,132)(H,105,120)(H,106,131)(H,107,125)(H,108,126)(H,136,137)/t45-,50-,51-,52-,53-,54-,55-,56-,57-,58-,59-,60-,61-,62-,63-,64-,68-,69-/m0/s1. The molecule has 1 saturated heterocycles. The summed E-state index contributed by atoms with van der Waals surface area (Å²) >= 11 is 9.48. The number of aliphatic carboxylic acids is 1. The van der Waals surface area contributed by atoms with Crippen molar-refractivity contribution in [2.45, 2.75) is 214 Å². The van der Waals surface area contributed by atoms with Crippen LogP contribution in [-0.2, 0) is 120 Å². The third-order valence-electron chi connectivity index (χ3n) is 21.7. The van der Waals surface area contributed by atoms with Gasteiger partial charge in [0.25, 0.3) is 0 Å². The van der Waals surface area contributed by atoms with E-state index in [9.17, 15) is 127 Å². The van der Waals surface area contributed by atoms with E-state index in [-0.39, 0.29) is 87.5 Å². The number of amides is 20. The number of carboxylic acids is 1. The molecule has 0 saturated carbocycles. The highest BCUT2D eigenvalue weighted by Gasteiger charge is 2.43. The zero-order chi connectivity index (χ0) is 105. The van der Waals surface area contributed by atoms with E-state index in [2.05, 4.69) is 116 Å². The van der Waals surface area contributed by atoms with Crippen LogP contribution in [0.4, 0.5) is 0 Å². The molecule has 0 unspecified atom stereocenters. The smallest absolute Gasteiger partial charge is 0.328 e. The molecule has 53 heteroatoms. The lowest BCUT2D eigenvalue weighted by Crippen LogP contribution is -2.62. The van der Waals surface area contributed by atoms with Crippen molar-refractivity contribution in [3.8, 4) is 5.75 Å². The number of benzene rings is 3. The number of carbonyl (C=O) groups excluding carboxylic acids is 20. The molecule has 774 valence electrons. The lowest BCUT2D eigenvalue weighted by Gasteiger charge is -2.29. The third kappa shape index (κ3) is 40.1. The average Bonchev–Trinajstić information content (AvgIpc) is 1.74. The summed E-state index contributed by atoms with van der Waals surface area (Å²) in [6, 6.07) is -7.64. The maximum Gasteiger partial charge on any atom is 0.328 e. The molecule has 18 atom stereocenters. The zero-order valence-electron chi connectivity index (χ0n) is 77.9. The van der Waals surface area contributed by atoms with E-state index in [1.165, 1.54) is 63.7 Å². The summed E-state index contributed by atoms with van der Waals surface area (Å²) in [5.74, 6) is -25.4. The number of primary amides is 2. The van der Waals surface area contributed by atoms with E-state index in [1.807, 2.05) is 0 Å². The van der Waals surface area contributed by atoms with E-state index >= 15 is 9.59 Å². The van der Waals surface area contributed by atoms with E-state index < -0.39 is 304 Å². The van der Waals surface area contributed by atoms with Crippen LogP contribution >= 0.6 is 37.0 Å². The summed E-state index contributed by atoms with van der Waals surface area (Å²) in [6.45, 7) is 0.983. The number of nitrogens with two attached hydrogens (primary N) is 4. The van der Waals surface area contributed by atoms with Gasteiger partial charge in [0.2, 0.25) is 118 Å². The summed E-state index contributed by atoms with van der Waals surface area (Å²) in [6.07, 6.45) is -0.704. The lowest BCUT2D eigenvalue weighted by molar-refractivity contribution is -0.146. The van der Waals surface area contributed by atoms with Gasteiger partial charge in [0.1, 0.15) is 115 Å². The number of rotatable bonds is 62. The highest BCUT2D eigenvalue weighted by molar-refractivity contribution is 7.98. The zero-order valence-corrected chi connectivity index (χ0v) is 80.6. The van der Waals surface area contributed by atoms with Crippen LogP contribution in [0.2, 0.25) is 0 Å². The van der Waals surface area contributed by atoms with Gasteiger partial charge >= 0.3 is 5.97 Å². The number of nitrogens with zero attached hydrogens (tertiary/aromatic N) is 1. The molecule has 32 N–H and O–H groups in total. The summed E-state index contributed by atoms with van der Waals surface area (Å²) in [7, 11) is 0. The molecule has 1 heterocycles. The fraction of sp³-hybridized carbons (Fsp3) is 0.552. The van der Waals surface area contributed by atoms with Crippen molar-refractivity contribution in [1.29, 1.82) is 0 Å². The molecule has 20 amide bonds. The number of nitrogens with one attached hydrogen (secondary N) is 17. The Labute approximate surface area is 821 Å². The number of hydrogen-bond acceptors (Lipinski definition) is 32. The topological polar surface area (TPSA) is 812 Å². The molecule has 3 aromatic rings. The minimum absolute atomic E-state index is 0.0147. The molecule has 0 aliphatic carbocycles. The molecule has 0 aromatic heterocycles. The number of hydrogen-bond donors (Lipinski definition) is 30. The van der Waals surface area contributed by atoms with Crippen LogP contribution < -0.4 is 113 Å². The van der Waals surface area contributed by atoms with Crippen LogP contribution in [0.5, 0.6) is 5.75 Å². The van der Waals surface area contributed by atoms with Crippen molar-refractivity contribution in [1.82, 2.24) is 95.3 Å². The Balaban J connectivity index is 1.53. The van der Waals surface area contributed by atoms with Crippen molar-refractivity contribution in [2.75, 3.05) is 76.2 Å². The number of thiol groups is 2. The Morgan fingerprint density at radius 3 is 1.20 bits per heavy atom. The quantitative estimate of drug-likeness (QED) is 0.0184. The van der Waals surface area contributed by atoms with Crippen LogP contribution in [0.1, 0.15) is 103 Å². The lowest BCUT2D eigenvalue weighted by atomic mass is 10.00. The van der Waals surface area contributed by atoms with E-state index in [0.717, 1.165) is 11.8 Å². The summed E-state index contributed by atoms with van der Waals surface area (Å²) in [5.41, 5.74) is 23.7. The molecular weight excluding hydrogens is 1900 g/mol. The van der Waals surface area contributed by atoms with Crippen molar-refractivity contribution >= 4 is 161 Å². The van der Waals surface area contributed by atoms with Crippen LogP contribution in [0.3, 0.4) is 0 Å². The summed E-state index contributed by atoms with van der Waals surface area (Å²) in [4.78, 5) is 289. The second-order valence-electron chi connectivity index (χ2n) is 33.3. The minimum atomic E-state index is -1.95. The maximum absolute atomic E-state index is 15.0. The number of carboxylic acid groups (broad SMARTS) is 1. The van der Waals surface area contributed by atoms with Crippen LogP contribution in [0.25, 0.3) is 0 Å². The first-order chi connectivity index (χ1) is 66.3. The first-order valence-electron chi connectivity index (χ1n) is 44.6. The van der Waals surface area contributed by atoms with Crippen LogP contribution in [-0.4, -0.2) is 350 Å². The molecular formula is C87H130N22O28S3. The molecule has 1 aliphatic rings. The molecule has 0 radical (unpaired) electrons. The molecule has 4 rings (SSSR count). The largest absolute Gasteiger partial charge is 0.508 e. The molecule has 140 heavy (non-hydrogen) atoms. The van der Waals surface area contributed by atoms with Gasteiger partial charge in [-0.1, -0.05) is 100 Å². The van der Waals surface area contributed by atoms with Crippen molar-refractivity contribution < 1.29 is 136 Å². The number of likely N-dealkylation sites (tertiary alicyclic amines) is 1. The molecule has 1 aliphatic heterocycles. The number of aromatic hydroxyl groups is 1. The summed E-state index contributed by atoms with van der Waals surface area (Å²) < 4.78 is 0. The highest BCUT2D eigenvalue weighted by atomic mass is 32.2. The predicted octanol–water partition coefficient (Wildman–Crippen LogP) is -11.5. The number of phenols is 1. The number of phenolic OH excluding ortho intramolecular Hbond substituents is 1. The van der Waals surface area contributed by atoms with E-state index in [4.69, 9.17) is 22.9 Å². The number of carbonyl (C=O) groups is 21. The Bertz CT molecular complexity index is 4730. The first kappa shape index (κ1) is 119. The molecule has 1 fully saturated rings. The van der Waals surface area contributed by atoms with Crippen LogP contribution in [0, 0.1) is 11.8 Å². The Hall–Kier alpha value is -12.9. The van der Waals surface area contributed by atoms with Gasteiger partial charge in [-0.15, -0.1) is 0 Å². The highest BCUT2D eigenvalue weighted by Crippen LogP contribution is 2.22. The van der Waals surface area contributed by atoms with Crippen molar-refractivity contribution in [2.24, 2.45) is 34.8 Å². The van der Waals surface area contributed by atoms with Gasteiger partial charge in [-0.2, -0.15) is 37.0 Å². The molecule has 50 nitrogen and oxygen atoms in total. The summed E-state index contributed by atoms with van der Waals surface area (Å²) in [5, 5.41) is 110. The molecule has 0 spiro atoms. The van der Waals surface area contributed by atoms with Crippen molar-refractivity contribution in [3.05, 3.63) is 102 Å². The normalized spacial score (nSPS) is 15.9. The maximum atomic E-state index is 15.0. The van der Waals surface area contributed by atoms with Gasteiger partial charge in [0.15, 0.2) is 0 Å². The fourth-order valence-electron chi connectivity index (χ4n) is 13.8. The Morgan fingerprint density at radius 2 is 0.771 bits per heavy atom. The fourth-order valence-corrected chi connectivity index (χ4v) is 14.8. The number of aliphatic hydroxyl groups is 5. The van der Waals surface area contributed by atoms with Gasteiger partial charge in [-0.3, -0.25) is 95.9 Å². The van der Waals surface area contributed by atoms with Crippen LogP contribution in [0.15, 0.2) is 84.9 Å². The average molecular weight is 2030 g/mol. The van der Waals surface area contributed by atoms with E-state index in [1.54, 1.807) is 66.9 Å². The van der Waals surface area contributed by atoms with Gasteiger partial charge in [0.05, 0.1) is 52.4 Å². The van der Waals surface area contributed by atoms with Gasteiger partial charge in [-0.05, 0) is 105 Å². The van der Waals surface area contributed by atoms with Gasteiger partial charge in [-0.25, -0.2) is 4.79 Å². The molecule has 0 bridgehead atoms. The second kappa shape index (κ2) is 61.5. The Kier molecular flexibility index (Phi) is 52.5. The number of thioether (sulfide) groups is 1.